The molecule has 0 bridgehead atoms. The summed E-state index contributed by atoms with van der Waals surface area (Å²) in [6.07, 6.45) is 0. The van der Waals surface area contributed by atoms with E-state index in [1.165, 1.54) is 25.7 Å². The van der Waals surface area contributed by atoms with Gasteiger partial charge in [0.25, 0.3) is 0 Å². The Labute approximate surface area is 115 Å². The van der Waals surface area contributed by atoms with E-state index in [9.17, 15) is 14.7 Å². The number of carbonyl (C=O) groups is 1. The molecule has 0 saturated heterocycles. The number of carboxylic acid groups (broad SMARTS) is 1. The van der Waals surface area contributed by atoms with Gasteiger partial charge in [0.05, 0.1) is 25.1 Å². The van der Waals surface area contributed by atoms with Gasteiger partial charge in [-0.15, -0.1) is 0 Å². The molecule has 0 amide bonds. The van der Waals surface area contributed by atoms with Crippen LogP contribution in [0.1, 0.15) is 16.1 Å². The number of fused-ring (bicyclic) bond motifs is 1. The number of pyridine rings is 1. The van der Waals surface area contributed by atoms with Crippen molar-refractivity contribution in [3.8, 4) is 11.5 Å². The summed E-state index contributed by atoms with van der Waals surface area (Å²) in [6, 6.07) is 3.27. The Bertz CT molecular complexity index is 760. The first-order valence-corrected chi connectivity index (χ1v) is 5.91. The van der Waals surface area contributed by atoms with Crippen molar-refractivity contribution in [3.05, 3.63) is 33.6 Å². The SMILES string of the molecule is COc1ccc(OC)c2c1c(=O)c(C)c(C(=O)O)n2C. The third-order valence-electron chi connectivity index (χ3n) is 3.34. The van der Waals surface area contributed by atoms with Crippen LogP contribution in [0.2, 0.25) is 0 Å². The molecule has 0 spiro atoms. The molecule has 0 unspecified atom stereocenters. The lowest BCUT2D eigenvalue weighted by Crippen LogP contribution is -2.21. The van der Waals surface area contributed by atoms with Gasteiger partial charge in [-0.25, -0.2) is 4.79 Å². The second kappa shape index (κ2) is 4.88. The lowest BCUT2D eigenvalue weighted by molar-refractivity contribution is 0.0685. The number of aromatic nitrogens is 1. The highest BCUT2D eigenvalue weighted by molar-refractivity contribution is 5.96. The first-order chi connectivity index (χ1) is 9.43. The average molecular weight is 277 g/mol. The van der Waals surface area contributed by atoms with Crippen molar-refractivity contribution in [2.45, 2.75) is 6.92 Å². The summed E-state index contributed by atoms with van der Waals surface area (Å²) in [6.45, 7) is 1.49. The topological polar surface area (TPSA) is 77.8 Å². The van der Waals surface area contributed by atoms with E-state index in [1.54, 1.807) is 19.2 Å². The molecule has 1 aromatic heterocycles. The van der Waals surface area contributed by atoms with Crippen molar-refractivity contribution in [2.75, 3.05) is 14.2 Å². The maximum Gasteiger partial charge on any atom is 0.352 e. The smallest absolute Gasteiger partial charge is 0.352 e. The van der Waals surface area contributed by atoms with E-state index in [0.29, 0.717) is 22.4 Å². The molecule has 0 aliphatic rings. The predicted molar refractivity (Wildman–Crippen MR) is 74.0 cm³/mol. The van der Waals surface area contributed by atoms with Gasteiger partial charge in [0.1, 0.15) is 17.2 Å². The molecule has 1 heterocycles. The first kappa shape index (κ1) is 13.9. The summed E-state index contributed by atoms with van der Waals surface area (Å²) in [5, 5.41) is 9.61. The summed E-state index contributed by atoms with van der Waals surface area (Å²) in [5.74, 6) is -0.349. The van der Waals surface area contributed by atoms with Crippen LogP contribution < -0.4 is 14.9 Å². The van der Waals surface area contributed by atoms with Gasteiger partial charge >= 0.3 is 5.97 Å². The molecule has 1 aromatic carbocycles. The Morgan fingerprint density at radius 3 is 2.25 bits per heavy atom. The van der Waals surface area contributed by atoms with E-state index in [-0.39, 0.29) is 16.7 Å². The monoisotopic (exact) mass is 277 g/mol. The van der Waals surface area contributed by atoms with Crippen molar-refractivity contribution in [1.82, 2.24) is 4.57 Å². The van der Waals surface area contributed by atoms with Gasteiger partial charge in [0.2, 0.25) is 0 Å². The van der Waals surface area contributed by atoms with Crippen LogP contribution in [0, 0.1) is 6.92 Å². The van der Waals surface area contributed by atoms with Gasteiger partial charge in [-0.05, 0) is 19.1 Å². The molecular formula is C14H15NO5. The number of benzene rings is 1. The standard InChI is InChI=1S/C14H15NO5/c1-7-11(14(17)18)15(2)12-9(20-4)6-5-8(19-3)10(12)13(7)16/h5-6H,1-4H3,(H,17,18). The van der Waals surface area contributed by atoms with Crippen molar-refractivity contribution < 1.29 is 19.4 Å². The van der Waals surface area contributed by atoms with Crippen molar-refractivity contribution in [2.24, 2.45) is 7.05 Å². The minimum atomic E-state index is -1.16. The molecule has 2 aromatic rings. The van der Waals surface area contributed by atoms with Crippen molar-refractivity contribution >= 4 is 16.9 Å². The lowest BCUT2D eigenvalue weighted by atomic mass is 10.1. The van der Waals surface area contributed by atoms with Gasteiger partial charge in [-0.3, -0.25) is 4.79 Å². The van der Waals surface area contributed by atoms with E-state index in [4.69, 9.17) is 9.47 Å². The van der Waals surface area contributed by atoms with E-state index >= 15 is 0 Å². The summed E-state index contributed by atoms with van der Waals surface area (Å²) >= 11 is 0. The summed E-state index contributed by atoms with van der Waals surface area (Å²) in [4.78, 5) is 23.8. The summed E-state index contributed by atoms with van der Waals surface area (Å²) < 4.78 is 11.9. The zero-order chi connectivity index (χ0) is 15.0. The molecule has 6 heteroatoms. The number of nitrogens with zero attached hydrogens (tertiary/aromatic N) is 1. The predicted octanol–water partition coefficient (Wildman–Crippen LogP) is 1.56. The Morgan fingerprint density at radius 2 is 1.75 bits per heavy atom. The Balaban J connectivity index is 3.14. The van der Waals surface area contributed by atoms with Crippen LogP contribution in [-0.2, 0) is 7.05 Å². The quantitative estimate of drug-likeness (QED) is 0.921. The number of carboxylic acids is 1. The molecule has 6 nitrogen and oxygen atoms in total. The molecule has 0 aliphatic carbocycles. The molecule has 1 N–H and O–H groups in total. The van der Waals surface area contributed by atoms with Crippen LogP contribution in [0.3, 0.4) is 0 Å². The molecule has 0 aliphatic heterocycles. The van der Waals surface area contributed by atoms with E-state index in [0.717, 1.165) is 0 Å². The van der Waals surface area contributed by atoms with Crippen molar-refractivity contribution in [3.63, 3.8) is 0 Å². The maximum atomic E-state index is 12.4. The molecule has 0 fully saturated rings. The average Bonchev–Trinajstić information content (AvgIpc) is 2.42. The number of aryl methyl sites for hydroxylation is 1. The normalized spacial score (nSPS) is 10.6. The highest BCUT2D eigenvalue weighted by Crippen LogP contribution is 2.31. The van der Waals surface area contributed by atoms with Crippen LogP contribution in [0.15, 0.2) is 16.9 Å². The van der Waals surface area contributed by atoms with E-state index in [2.05, 4.69) is 0 Å². The Hall–Kier alpha value is -2.50. The third kappa shape index (κ3) is 1.80. The largest absolute Gasteiger partial charge is 0.496 e. The zero-order valence-electron chi connectivity index (χ0n) is 11.7. The number of aromatic carboxylic acids is 1. The molecule has 0 atom stereocenters. The van der Waals surface area contributed by atoms with E-state index in [1.807, 2.05) is 0 Å². The van der Waals surface area contributed by atoms with Gasteiger partial charge in [-0.1, -0.05) is 0 Å². The maximum absolute atomic E-state index is 12.4. The molecule has 0 saturated carbocycles. The minimum Gasteiger partial charge on any atom is -0.496 e. The van der Waals surface area contributed by atoms with Gasteiger partial charge < -0.3 is 19.1 Å². The highest BCUT2D eigenvalue weighted by Gasteiger charge is 2.21. The molecule has 20 heavy (non-hydrogen) atoms. The zero-order valence-corrected chi connectivity index (χ0v) is 11.7. The number of ether oxygens (including phenoxy) is 2. The summed E-state index contributed by atoms with van der Waals surface area (Å²) in [5.41, 5.74) is 0.138. The third-order valence-corrected chi connectivity index (χ3v) is 3.34. The molecule has 106 valence electrons. The fourth-order valence-electron chi connectivity index (χ4n) is 2.40. The lowest BCUT2D eigenvalue weighted by Gasteiger charge is -2.16. The molecule has 2 rings (SSSR count). The second-order valence-corrected chi connectivity index (χ2v) is 4.36. The minimum absolute atomic E-state index is 0.0611. The van der Waals surface area contributed by atoms with Crippen LogP contribution in [0.25, 0.3) is 10.9 Å². The van der Waals surface area contributed by atoms with Crippen LogP contribution in [-0.4, -0.2) is 29.9 Å². The Kier molecular flexibility index (Phi) is 3.40. The molecular weight excluding hydrogens is 262 g/mol. The van der Waals surface area contributed by atoms with Gasteiger partial charge in [-0.2, -0.15) is 0 Å². The van der Waals surface area contributed by atoms with Crippen LogP contribution >= 0.6 is 0 Å². The second-order valence-electron chi connectivity index (χ2n) is 4.36. The van der Waals surface area contributed by atoms with Crippen LogP contribution in [0.4, 0.5) is 0 Å². The fourth-order valence-corrected chi connectivity index (χ4v) is 2.40. The number of rotatable bonds is 3. The number of hydrogen-bond acceptors (Lipinski definition) is 4. The number of hydrogen-bond donors (Lipinski definition) is 1. The van der Waals surface area contributed by atoms with Gasteiger partial charge in [0, 0.05) is 12.6 Å². The van der Waals surface area contributed by atoms with Gasteiger partial charge in [0.15, 0.2) is 5.43 Å². The fraction of sp³-hybridized carbons (Fsp3) is 0.286. The van der Waals surface area contributed by atoms with E-state index < -0.39 is 5.97 Å². The Morgan fingerprint density at radius 1 is 1.20 bits per heavy atom. The van der Waals surface area contributed by atoms with Crippen LogP contribution in [0.5, 0.6) is 11.5 Å². The van der Waals surface area contributed by atoms with Crippen molar-refractivity contribution in [1.29, 1.82) is 0 Å². The number of methoxy groups -OCH3 is 2. The first-order valence-electron chi connectivity index (χ1n) is 5.91. The summed E-state index contributed by atoms with van der Waals surface area (Å²) in [7, 11) is 4.51. The highest BCUT2D eigenvalue weighted by atomic mass is 16.5. The molecule has 0 radical (unpaired) electrons.